The van der Waals surface area contributed by atoms with E-state index in [1.54, 1.807) is 6.07 Å². The lowest BCUT2D eigenvalue weighted by Crippen LogP contribution is -2.26. The molecule has 0 aromatic carbocycles. The zero-order chi connectivity index (χ0) is 13.4. The first-order valence-electron chi connectivity index (χ1n) is 6.39. The Kier molecular flexibility index (Phi) is 6.36. The largest absolute Gasteiger partial charge is 0.381 e. The molecule has 0 saturated heterocycles. The summed E-state index contributed by atoms with van der Waals surface area (Å²) >= 11 is 0. The molecule has 0 unspecified atom stereocenters. The van der Waals surface area contributed by atoms with Gasteiger partial charge in [0.25, 0.3) is 5.91 Å². The topological polar surface area (TPSA) is 51.2 Å². The van der Waals surface area contributed by atoms with Crippen LogP contribution in [0.4, 0.5) is 0 Å². The number of hydrogen-bond acceptors (Lipinski definition) is 3. The zero-order valence-corrected chi connectivity index (χ0v) is 11.4. The minimum absolute atomic E-state index is 0.123. The second-order valence-corrected chi connectivity index (χ2v) is 4.74. The monoisotopic (exact) mass is 250 g/mol. The molecule has 0 fully saturated rings. The number of carbonyl (C=O) groups excluding carboxylic acids is 1. The maximum absolute atomic E-state index is 11.7. The van der Waals surface area contributed by atoms with E-state index in [-0.39, 0.29) is 5.91 Å². The molecule has 0 aliphatic carbocycles. The first-order chi connectivity index (χ1) is 8.59. The van der Waals surface area contributed by atoms with Crippen molar-refractivity contribution in [1.82, 2.24) is 10.3 Å². The number of amides is 1. The molecule has 4 nitrogen and oxygen atoms in total. The van der Waals surface area contributed by atoms with E-state index in [2.05, 4.69) is 24.1 Å². The summed E-state index contributed by atoms with van der Waals surface area (Å²) in [6, 6.07) is 5.43. The van der Waals surface area contributed by atoms with E-state index < -0.39 is 0 Å². The average Bonchev–Trinajstić information content (AvgIpc) is 2.33. The maximum Gasteiger partial charge on any atom is 0.269 e. The SMILES string of the molecule is Cc1cccc(C(=O)NCCCOCC(C)C)n1. The lowest BCUT2D eigenvalue weighted by Gasteiger charge is -2.07. The molecule has 1 amide bonds. The fourth-order valence-electron chi connectivity index (χ4n) is 1.46. The van der Waals surface area contributed by atoms with Crippen LogP contribution < -0.4 is 5.32 Å². The van der Waals surface area contributed by atoms with E-state index >= 15 is 0 Å². The number of nitrogens with one attached hydrogen (secondary N) is 1. The average molecular weight is 250 g/mol. The van der Waals surface area contributed by atoms with E-state index in [0.29, 0.717) is 24.8 Å². The standard InChI is InChI=1S/C14H22N2O2/c1-11(2)10-18-9-5-8-15-14(17)13-7-4-6-12(3)16-13/h4,6-7,11H,5,8-10H2,1-3H3,(H,15,17). The van der Waals surface area contributed by atoms with Gasteiger partial charge in [-0.05, 0) is 31.4 Å². The van der Waals surface area contributed by atoms with Gasteiger partial charge < -0.3 is 10.1 Å². The molecule has 18 heavy (non-hydrogen) atoms. The molecular weight excluding hydrogens is 228 g/mol. The molecule has 1 rings (SSSR count). The Hall–Kier alpha value is -1.42. The Labute approximate surface area is 109 Å². The Bertz CT molecular complexity index is 378. The second kappa shape index (κ2) is 7.82. The third-order valence-corrected chi connectivity index (χ3v) is 2.32. The zero-order valence-electron chi connectivity index (χ0n) is 11.4. The summed E-state index contributed by atoms with van der Waals surface area (Å²) in [7, 11) is 0. The summed E-state index contributed by atoms with van der Waals surface area (Å²) in [5.74, 6) is 0.429. The highest BCUT2D eigenvalue weighted by atomic mass is 16.5. The molecule has 1 heterocycles. The van der Waals surface area contributed by atoms with Crippen LogP contribution in [0.15, 0.2) is 18.2 Å². The fraction of sp³-hybridized carbons (Fsp3) is 0.571. The Morgan fingerprint density at radius 2 is 2.22 bits per heavy atom. The van der Waals surface area contributed by atoms with Crippen molar-refractivity contribution in [2.45, 2.75) is 27.2 Å². The van der Waals surface area contributed by atoms with Gasteiger partial charge in [0.1, 0.15) is 5.69 Å². The third kappa shape index (κ3) is 5.77. The summed E-state index contributed by atoms with van der Waals surface area (Å²) in [5.41, 5.74) is 1.32. The summed E-state index contributed by atoms with van der Waals surface area (Å²) in [5, 5.41) is 2.83. The number of ether oxygens (including phenoxy) is 1. The predicted octanol–water partition coefficient (Wildman–Crippen LogP) is 2.18. The van der Waals surface area contributed by atoms with Gasteiger partial charge in [0, 0.05) is 25.5 Å². The first-order valence-corrected chi connectivity index (χ1v) is 6.39. The highest BCUT2D eigenvalue weighted by Gasteiger charge is 2.05. The lowest BCUT2D eigenvalue weighted by molar-refractivity contribution is 0.0920. The molecule has 0 spiro atoms. The smallest absolute Gasteiger partial charge is 0.269 e. The highest BCUT2D eigenvalue weighted by molar-refractivity contribution is 5.92. The van der Waals surface area contributed by atoms with Gasteiger partial charge >= 0.3 is 0 Å². The normalized spacial score (nSPS) is 10.7. The van der Waals surface area contributed by atoms with Crippen molar-refractivity contribution < 1.29 is 9.53 Å². The van der Waals surface area contributed by atoms with Gasteiger partial charge in [0.05, 0.1) is 0 Å². The number of carbonyl (C=O) groups is 1. The van der Waals surface area contributed by atoms with Crippen LogP contribution in [0.25, 0.3) is 0 Å². The number of hydrogen-bond donors (Lipinski definition) is 1. The molecule has 0 saturated carbocycles. The molecule has 4 heteroatoms. The number of nitrogens with zero attached hydrogens (tertiary/aromatic N) is 1. The van der Waals surface area contributed by atoms with Crippen molar-refractivity contribution in [1.29, 1.82) is 0 Å². The van der Waals surface area contributed by atoms with Crippen molar-refractivity contribution >= 4 is 5.91 Å². The lowest BCUT2D eigenvalue weighted by atomic mass is 10.2. The molecule has 0 atom stereocenters. The van der Waals surface area contributed by atoms with Crippen LogP contribution in [0, 0.1) is 12.8 Å². The molecule has 0 aliphatic heterocycles. The molecule has 1 aromatic heterocycles. The van der Waals surface area contributed by atoms with Crippen LogP contribution in [-0.4, -0.2) is 30.6 Å². The van der Waals surface area contributed by atoms with Crippen LogP contribution in [0.1, 0.15) is 36.5 Å². The van der Waals surface area contributed by atoms with Crippen LogP contribution >= 0.6 is 0 Å². The Morgan fingerprint density at radius 1 is 1.44 bits per heavy atom. The van der Waals surface area contributed by atoms with Crippen LogP contribution in [-0.2, 0) is 4.74 Å². The van der Waals surface area contributed by atoms with Gasteiger partial charge in [-0.15, -0.1) is 0 Å². The van der Waals surface area contributed by atoms with Gasteiger partial charge in [0.15, 0.2) is 0 Å². The molecular formula is C14H22N2O2. The fourth-order valence-corrected chi connectivity index (χ4v) is 1.46. The van der Waals surface area contributed by atoms with Crippen LogP contribution in [0.5, 0.6) is 0 Å². The first kappa shape index (κ1) is 14.6. The molecule has 0 radical (unpaired) electrons. The maximum atomic E-state index is 11.7. The third-order valence-electron chi connectivity index (χ3n) is 2.32. The van der Waals surface area contributed by atoms with E-state index in [4.69, 9.17) is 4.74 Å². The highest BCUT2D eigenvalue weighted by Crippen LogP contribution is 1.98. The summed E-state index contributed by atoms with van der Waals surface area (Å²) < 4.78 is 5.43. The summed E-state index contributed by atoms with van der Waals surface area (Å²) in [6.07, 6.45) is 0.824. The molecule has 1 aromatic rings. The van der Waals surface area contributed by atoms with E-state index in [9.17, 15) is 4.79 Å². The van der Waals surface area contributed by atoms with Gasteiger partial charge in [-0.25, -0.2) is 4.98 Å². The minimum Gasteiger partial charge on any atom is -0.381 e. The summed E-state index contributed by atoms with van der Waals surface area (Å²) in [6.45, 7) is 8.17. The van der Waals surface area contributed by atoms with Gasteiger partial charge in [-0.1, -0.05) is 19.9 Å². The van der Waals surface area contributed by atoms with Crippen molar-refractivity contribution in [2.24, 2.45) is 5.92 Å². The number of pyridine rings is 1. The van der Waals surface area contributed by atoms with E-state index in [1.165, 1.54) is 0 Å². The predicted molar refractivity (Wildman–Crippen MR) is 71.6 cm³/mol. The molecule has 0 bridgehead atoms. The Morgan fingerprint density at radius 3 is 2.89 bits per heavy atom. The van der Waals surface area contributed by atoms with Gasteiger partial charge in [-0.2, -0.15) is 0 Å². The summed E-state index contributed by atoms with van der Waals surface area (Å²) in [4.78, 5) is 15.9. The number of aryl methyl sites for hydroxylation is 1. The minimum atomic E-state index is -0.123. The second-order valence-electron chi connectivity index (χ2n) is 4.74. The van der Waals surface area contributed by atoms with Crippen molar-refractivity contribution in [3.8, 4) is 0 Å². The van der Waals surface area contributed by atoms with Gasteiger partial charge in [-0.3, -0.25) is 4.79 Å². The van der Waals surface area contributed by atoms with Crippen molar-refractivity contribution in [3.63, 3.8) is 0 Å². The van der Waals surface area contributed by atoms with Crippen LogP contribution in [0.2, 0.25) is 0 Å². The molecule has 1 N–H and O–H groups in total. The quantitative estimate of drug-likeness (QED) is 0.755. The number of aromatic nitrogens is 1. The van der Waals surface area contributed by atoms with Crippen LogP contribution in [0.3, 0.4) is 0 Å². The van der Waals surface area contributed by atoms with Crippen molar-refractivity contribution in [3.05, 3.63) is 29.6 Å². The molecule has 100 valence electrons. The Balaban J connectivity index is 2.18. The van der Waals surface area contributed by atoms with E-state index in [0.717, 1.165) is 18.7 Å². The number of rotatable bonds is 7. The van der Waals surface area contributed by atoms with E-state index in [1.807, 2.05) is 19.1 Å². The van der Waals surface area contributed by atoms with Gasteiger partial charge in [0.2, 0.25) is 0 Å². The van der Waals surface area contributed by atoms with Crippen molar-refractivity contribution in [2.75, 3.05) is 19.8 Å². The molecule has 0 aliphatic rings.